The Bertz CT molecular complexity index is 829. The molecule has 4 atom stereocenters. The van der Waals surface area contributed by atoms with Crippen LogP contribution in [0.15, 0.2) is 42.6 Å². The standard InChI is InChI=1S/C18H16F3NO5S/c19-18(20,21)10-3-1-9(2-4-10)14(24)12-6-5-11(7-22-12)27-16-15(25)13(23)8-28-17(16)26/h1-7,13,15-17,23,25-26H,8H2/t13-,15+,16-,17-/m1/s1. The second kappa shape index (κ2) is 8.08. The Morgan fingerprint density at radius 1 is 1.11 bits per heavy atom. The van der Waals surface area contributed by atoms with Crippen molar-refractivity contribution in [2.24, 2.45) is 0 Å². The number of rotatable bonds is 4. The molecule has 0 radical (unpaired) electrons. The highest BCUT2D eigenvalue weighted by Gasteiger charge is 2.39. The van der Waals surface area contributed by atoms with E-state index in [9.17, 15) is 33.3 Å². The van der Waals surface area contributed by atoms with Crippen molar-refractivity contribution in [2.75, 3.05) is 5.75 Å². The zero-order valence-electron chi connectivity index (χ0n) is 14.2. The Hall–Kier alpha value is -2.14. The molecule has 28 heavy (non-hydrogen) atoms. The molecule has 6 nitrogen and oxygen atoms in total. The van der Waals surface area contributed by atoms with Gasteiger partial charge in [0.25, 0.3) is 0 Å². The number of nitrogens with zero attached hydrogens (tertiary/aromatic N) is 1. The summed E-state index contributed by atoms with van der Waals surface area (Å²) in [6, 6.07) is 6.49. The summed E-state index contributed by atoms with van der Waals surface area (Å²) in [4.78, 5) is 16.3. The number of aromatic nitrogens is 1. The molecule has 0 unspecified atom stereocenters. The molecule has 3 rings (SSSR count). The summed E-state index contributed by atoms with van der Waals surface area (Å²) in [6.45, 7) is 0. The van der Waals surface area contributed by atoms with Crippen LogP contribution in [0.5, 0.6) is 5.75 Å². The van der Waals surface area contributed by atoms with Crippen LogP contribution in [0.1, 0.15) is 21.6 Å². The van der Waals surface area contributed by atoms with Crippen molar-refractivity contribution in [3.8, 4) is 5.75 Å². The van der Waals surface area contributed by atoms with Crippen LogP contribution in [0.2, 0.25) is 0 Å². The van der Waals surface area contributed by atoms with E-state index in [2.05, 4.69) is 4.98 Å². The number of ketones is 1. The van der Waals surface area contributed by atoms with Crippen LogP contribution in [-0.4, -0.2) is 55.6 Å². The zero-order valence-corrected chi connectivity index (χ0v) is 15.0. The molecule has 1 saturated heterocycles. The van der Waals surface area contributed by atoms with E-state index < -0.39 is 41.3 Å². The maximum absolute atomic E-state index is 12.6. The van der Waals surface area contributed by atoms with Crippen molar-refractivity contribution in [3.63, 3.8) is 0 Å². The SMILES string of the molecule is O=C(c1ccc(C(F)(F)F)cc1)c1ccc(O[C@@H]2[C@@H](O)[C@H](O)CS[C@H]2O)cn1. The minimum atomic E-state index is -4.49. The number of pyridine rings is 1. The van der Waals surface area contributed by atoms with Crippen LogP contribution in [-0.2, 0) is 6.18 Å². The van der Waals surface area contributed by atoms with Gasteiger partial charge in [0.2, 0.25) is 5.78 Å². The molecule has 0 amide bonds. The third kappa shape index (κ3) is 4.46. The predicted octanol–water partition coefficient (Wildman–Crippen LogP) is 1.87. The largest absolute Gasteiger partial charge is 0.482 e. The van der Waals surface area contributed by atoms with Gasteiger partial charge >= 0.3 is 6.18 Å². The smallest absolute Gasteiger partial charge is 0.416 e. The van der Waals surface area contributed by atoms with Gasteiger partial charge in [-0.25, -0.2) is 4.98 Å². The summed E-state index contributed by atoms with van der Waals surface area (Å²) < 4.78 is 43.3. The number of benzene rings is 1. The highest BCUT2D eigenvalue weighted by molar-refractivity contribution is 7.99. The molecule has 3 N–H and O–H groups in total. The Morgan fingerprint density at radius 3 is 2.36 bits per heavy atom. The molecule has 150 valence electrons. The number of aliphatic hydroxyl groups is 3. The van der Waals surface area contributed by atoms with Crippen molar-refractivity contribution in [2.45, 2.75) is 29.9 Å². The van der Waals surface area contributed by atoms with Gasteiger partial charge in [-0.15, -0.1) is 11.8 Å². The molecular weight excluding hydrogens is 399 g/mol. The van der Waals surface area contributed by atoms with Gasteiger partial charge in [-0.2, -0.15) is 13.2 Å². The third-order valence-electron chi connectivity index (χ3n) is 4.17. The van der Waals surface area contributed by atoms with Crippen LogP contribution < -0.4 is 4.74 Å². The van der Waals surface area contributed by atoms with Crippen molar-refractivity contribution in [1.29, 1.82) is 0 Å². The Kier molecular flexibility index (Phi) is 5.94. The zero-order chi connectivity index (χ0) is 20.5. The summed E-state index contributed by atoms with van der Waals surface area (Å²) in [5.74, 6) is -0.244. The second-order valence-electron chi connectivity index (χ2n) is 6.15. The molecule has 1 fully saturated rings. The van der Waals surface area contributed by atoms with E-state index in [1.54, 1.807) is 0 Å². The lowest BCUT2D eigenvalue weighted by molar-refractivity contribution is -0.137. The number of carbonyl (C=O) groups excluding carboxylic acids is 1. The molecule has 2 aromatic rings. The molecule has 1 aromatic carbocycles. The molecule has 0 bridgehead atoms. The number of hydrogen-bond donors (Lipinski definition) is 3. The van der Waals surface area contributed by atoms with Crippen LogP contribution >= 0.6 is 11.8 Å². The van der Waals surface area contributed by atoms with Crippen LogP contribution in [0.4, 0.5) is 13.2 Å². The first-order valence-corrected chi connectivity index (χ1v) is 9.22. The predicted molar refractivity (Wildman–Crippen MR) is 94.0 cm³/mol. The molecular formula is C18H16F3NO5S. The number of carbonyl (C=O) groups is 1. The van der Waals surface area contributed by atoms with Gasteiger partial charge in [0, 0.05) is 11.3 Å². The normalized spacial score (nSPS) is 25.4. The third-order valence-corrected chi connectivity index (χ3v) is 5.31. The van der Waals surface area contributed by atoms with E-state index in [1.807, 2.05) is 0 Å². The lowest BCUT2D eigenvalue weighted by atomic mass is 10.1. The first-order chi connectivity index (χ1) is 13.2. The van der Waals surface area contributed by atoms with Gasteiger partial charge in [-0.3, -0.25) is 4.79 Å². The number of halogens is 3. The van der Waals surface area contributed by atoms with E-state index in [-0.39, 0.29) is 22.8 Å². The number of thioether (sulfide) groups is 1. The summed E-state index contributed by atoms with van der Waals surface area (Å²) in [5.41, 5.74) is -1.87. The lowest BCUT2D eigenvalue weighted by Crippen LogP contribution is -2.51. The Morgan fingerprint density at radius 2 is 1.79 bits per heavy atom. The van der Waals surface area contributed by atoms with Crippen molar-refractivity contribution in [1.82, 2.24) is 4.98 Å². The number of hydrogen-bond acceptors (Lipinski definition) is 7. The van der Waals surface area contributed by atoms with Gasteiger partial charge < -0.3 is 20.1 Å². The van der Waals surface area contributed by atoms with E-state index in [1.165, 1.54) is 18.3 Å². The molecule has 0 saturated carbocycles. The van der Waals surface area contributed by atoms with E-state index in [4.69, 9.17) is 4.74 Å². The molecule has 1 aliphatic rings. The van der Waals surface area contributed by atoms with Crippen LogP contribution in [0, 0.1) is 0 Å². The summed E-state index contributed by atoms with van der Waals surface area (Å²) in [7, 11) is 0. The Balaban J connectivity index is 1.71. The van der Waals surface area contributed by atoms with Gasteiger partial charge in [-0.1, -0.05) is 12.1 Å². The van der Waals surface area contributed by atoms with Crippen molar-refractivity contribution >= 4 is 17.5 Å². The monoisotopic (exact) mass is 415 g/mol. The summed E-state index contributed by atoms with van der Waals surface area (Å²) in [6.07, 6.45) is -6.70. The molecule has 10 heteroatoms. The number of aliphatic hydroxyl groups excluding tert-OH is 3. The molecule has 0 aliphatic carbocycles. The van der Waals surface area contributed by atoms with Gasteiger partial charge in [0.05, 0.1) is 17.9 Å². The summed E-state index contributed by atoms with van der Waals surface area (Å²) >= 11 is 1.03. The minimum Gasteiger partial charge on any atom is -0.482 e. The quantitative estimate of drug-likeness (QED) is 0.656. The maximum atomic E-state index is 12.6. The molecule has 1 aromatic heterocycles. The fourth-order valence-corrected chi connectivity index (χ4v) is 3.60. The lowest BCUT2D eigenvalue weighted by Gasteiger charge is -2.35. The first kappa shape index (κ1) is 20.6. The fourth-order valence-electron chi connectivity index (χ4n) is 2.61. The first-order valence-electron chi connectivity index (χ1n) is 8.17. The van der Waals surface area contributed by atoms with Crippen molar-refractivity contribution in [3.05, 3.63) is 59.4 Å². The van der Waals surface area contributed by atoms with Gasteiger partial charge in [0.1, 0.15) is 23.0 Å². The Labute approximate surface area is 162 Å². The average molecular weight is 415 g/mol. The van der Waals surface area contributed by atoms with E-state index >= 15 is 0 Å². The van der Waals surface area contributed by atoms with Gasteiger partial charge in [-0.05, 0) is 24.3 Å². The highest BCUT2D eigenvalue weighted by atomic mass is 32.2. The van der Waals surface area contributed by atoms with Crippen LogP contribution in [0.3, 0.4) is 0 Å². The molecule has 1 aliphatic heterocycles. The molecule has 2 heterocycles. The van der Waals surface area contributed by atoms with E-state index in [0.29, 0.717) is 0 Å². The van der Waals surface area contributed by atoms with Crippen LogP contribution in [0.25, 0.3) is 0 Å². The average Bonchev–Trinajstić information content (AvgIpc) is 2.67. The minimum absolute atomic E-state index is 0.00809. The maximum Gasteiger partial charge on any atom is 0.416 e. The molecule has 0 spiro atoms. The van der Waals surface area contributed by atoms with Crippen molar-refractivity contribution < 1.29 is 38.0 Å². The van der Waals surface area contributed by atoms with E-state index in [0.717, 1.165) is 36.0 Å². The number of alkyl halides is 3. The second-order valence-corrected chi connectivity index (χ2v) is 7.30. The highest BCUT2D eigenvalue weighted by Crippen LogP contribution is 2.30. The topological polar surface area (TPSA) is 99.9 Å². The number of ether oxygens (including phenoxy) is 1. The summed E-state index contributed by atoms with van der Waals surface area (Å²) in [5, 5.41) is 29.5. The fraction of sp³-hybridized carbons (Fsp3) is 0.333. The van der Waals surface area contributed by atoms with Gasteiger partial charge in [0.15, 0.2) is 6.10 Å².